The fraction of sp³-hybridized carbons (Fsp3) is 0.0800. The van der Waals surface area contributed by atoms with Gasteiger partial charge in [0, 0.05) is 11.6 Å². The van der Waals surface area contributed by atoms with E-state index in [9.17, 15) is 4.79 Å². The van der Waals surface area contributed by atoms with Crippen LogP contribution in [0.25, 0.3) is 12.2 Å². The van der Waals surface area contributed by atoms with Crippen molar-refractivity contribution in [3.8, 4) is 17.2 Å². The lowest BCUT2D eigenvalue weighted by atomic mass is 10.1. The van der Waals surface area contributed by atoms with Gasteiger partial charge in [-0.2, -0.15) is 0 Å². The third kappa shape index (κ3) is 3.92. The molecule has 144 valence electrons. The van der Waals surface area contributed by atoms with E-state index in [0.29, 0.717) is 29.4 Å². The number of benzene rings is 3. The molecule has 0 atom stereocenters. The zero-order chi connectivity index (χ0) is 20.2. The molecule has 1 aliphatic heterocycles. The van der Waals surface area contributed by atoms with Gasteiger partial charge in [-0.05, 0) is 35.4 Å². The van der Waals surface area contributed by atoms with Crippen molar-refractivity contribution in [2.24, 2.45) is 0 Å². The van der Waals surface area contributed by atoms with Crippen LogP contribution < -0.4 is 14.2 Å². The van der Waals surface area contributed by atoms with Gasteiger partial charge in [-0.15, -0.1) is 0 Å². The van der Waals surface area contributed by atoms with Gasteiger partial charge in [0.2, 0.25) is 5.78 Å². The molecule has 0 unspecified atom stereocenters. The van der Waals surface area contributed by atoms with E-state index in [4.69, 9.17) is 14.2 Å². The highest BCUT2D eigenvalue weighted by atomic mass is 16.5. The first kappa shape index (κ1) is 18.6. The highest BCUT2D eigenvalue weighted by Crippen LogP contribution is 2.35. The van der Waals surface area contributed by atoms with Crippen molar-refractivity contribution in [1.82, 2.24) is 0 Å². The van der Waals surface area contributed by atoms with Crippen molar-refractivity contribution >= 4 is 17.9 Å². The number of fused-ring (bicyclic) bond motifs is 1. The Balaban J connectivity index is 1.51. The molecular formula is C25H20O4. The molecule has 3 aromatic rings. The van der Waals surface area contributed by atoms with Crippen LogP contribution in [0.5, 0.6) is 17.2 Å². The van der Waals surface area contributed by atoms with E-state index in [-0.39, 0.29) is 11.5 Å². The first-order chi connectivity index (χ1) is 14.2. The molecule has 0 aliphatic carbocycles. The average molecular weight is 384 g/mol. The van der Waals surface area contributed by atoms with Gasteiger partial charge in [-0.1, -0.05) is 55.1 Å². The van der Waals surface area contributed by atoms with Crippen molar-refractivity contribution in [3.63, 3.8) is 0 Å². The molecule has 3 aromatic carbocycles. The maximum Gasteiger partial charge on any atom is 0.231 e. The van der Waals surface area contributed by atoms with E-state index in [1.54, 1.807) is 37.5 Å². The number of carbonyl (C=O) groups excluding carboxylic acids is 1. The third-order valence-electron chi connectivity index (χ3n) is 4.69. The first-order valence-electron chi connectivity index (χ1n) is 9.23. The van der Waals surface area contributed by atoms with Crippen LogP contribution in [0, 0.1) is 0 Å². The predicted octanol–water partition coefficient (Wildman–Crippen LogP) is 5.53. The minimum absolute atomic E-state index is 0.155. The van der Waals surface area contributed by atoms with Gasteiger partial charge in [0.1, 0.15) is 23.9 Å². The van der Waals surface area contributed by atoms with Gasteiger partial charge < -0.3 is 14.2 Å². The second-order valence-electron chi connectivity index (χ2n) is 6.57. The van der Waals surface area contributed by atoms with Crippen molar-refractivity contribution in [3.05, 3.63) is 101 Å². The van der Waals surface area contributed by atoms with Crippen molar-refractivity contribution < 1.29 is 19.0 Å². The summed E-state index contributed by atoms with van der Waals surface area (Å²) in [4.78, 5) is 12.7. The Kier molecular flexibility index (Phi) is 5.16. The fourth-order valence-corrected chi connectivity index (χ4v) is 3.10. The van der Waals surface area contributed by atoms with E-state index in [1.165, 1.54) is 0 Å². The summed E-state index contributed by atoms with van der Waals surface area (Å²) in [6.07, 6.45) is 3.50. The fourth-order valence-electron chi connectivity index (χ4n) is 3.10. The quantitative estimate of drug-likeness (QED) is 0.524. The zero-order valence-electron chi connectivity index (χ0n) is 16.1. The second-order valence-corrected chi connectivity index (χ2v) is 6.57. The van der Waals surface area contributed by atoms with E-state index >= 15 is 0 Å². The molecule has 0 aromatic heterocycles. The standard InChI is InChI=1S/C25H20O4/c1-3-17-8-10-18(11-9-17)16-28-20-12-13-21-23(15-20)29-24(25(21)26)14-19-6-4-5-7-22(19)27-2/h3-15H,1,16H2,2H3. The van der Waals surface area contributed by atoms with Gasteiger partial charge in [-0.25, -0.2) is 0 Å². The topological polar surface area (TPSA) is 44.8 Å². The molecule has 1 heterocycles. The molecule has 0 fully saturated rings. The molecule has 0 spiro atoms. The van der Waals surface area contributed by atoms with Gasteiger partial charge in [0.05, 0.1) is 12.7 Å². The number of para-hydroxylation sites is 1. The number of ether oxygens (including phenoxy) is 3. The smallest absolute Gasteiger partial charge is 0.231 e. The summed E-state index contributed by atoms with van der Waals surface area (Å²) in [5.74, 6) is 1.93. The van der Waals surface area contributed by atoms with E-state index in [1.807, 2.05) is 48.5 Å². The van der Waals surface area contributed by atoms with Crippen molar-refractivity contribution in [2.45, 2.75) is 6.61 Å². The number of allylic oxidation sites excluding steroid dienone is 1. The molecule has 0 bridgehead atoms. The minimum atomic E-state index is -0.155. The number of rotatable bonds is 6. The van der Waals surface area contributed by atoms with Crippen LogP contribution in [-0.2, 0) is 6.61 Å². The Hall–Kier alpha value is -3.79. The molecule has 1 aliphatic rings. The average Bonchev–Trinajstić information content (AvgIpc) is 3.07. The molecule has 29 heavy (non-hydrogen) atoms. The number of Topliss-reactive ketones (excluding diaryl/α,β-unsaturated/α-hetero) is 1. The van der Waals surface area contributed by atoms with Gasteiger partial charge in [-0.3, -0.25) is 4.79 Å². The maximum absolute atomic E-state index is 12.7. The highest BCUT2D eigenvalue weighted by Gasteiger charge is 2.28. The van der Waals surface area contributed by atoms with Crippen LogP contribution in [0.15, 0.2) is 79.1 Å². The lowest BCUT2D eigenvalue weighted by Crippen LogP contribution is -1.98. The first-order valence-corrected chi connectivity index (χ1v) is 9.23. The van der Waals surface area contributed by atoms with Crippen molar-refractivity contribution in [2.75, 3.05) is 7.11 Å². The lowest BCUT2D eigenvalue weighted by molar-refractivity contribution is 0.101. The molecule has 0 amide bonds. The lowest BCUT2D eigenvalue weighted by Gasteiger charge is -2.08. The van der Waals surface area contributed by atoms with Gasteiger partial charge in [0.25, 0.3) is 0 Å². The summed E-state index contributed by atoms with van der Waals surface area (Å²) >= 11 is 0. The van der Waals surface area contributed by atoms with Crippen LogP contribution in [0.3, 0.4) is 0 Å². The molecule has 4 rings (SSSR count). The Morgan fingerprint density at radius 1 is 1.03 bits per heavy atom. The SMILES string of the molecule is C=Cc1ccc(COc2ccc3c(c2)OC(=Cc2ccccc2OC)C3=O)cc1. The Morgan fingerprint density at radius 3 is 2.59 bits per heavy atom. The number of hydrogen-bond acceptors (Lipinski definition) is 4. The molecular weight excluding hydrogens is 364 g/mol. The van der Waals surface area contributed by atoms with Crippen molar-refractivity contribution in [1.29, 1.82) is 0 Å². The Labute approximate surface area is 169 Å². The van der Waals surface area contributed by atoms with Crippen LogP contribution >= 0.6 is 0 Å². The molecule has 0 saturated heterocycles. The summed E-state index contributed by atoms with van der Waals surface area (Å²) in [5, 5.41) is 0. The summed E-state index contributed by atoms with van der Waals surface area (Å²) in [5.41, 5.74) is 3.41. The second kappa shape index (κ2) is 8.07. The zero-order valence-corrected chi connectivity index (χ0v) is 16.1. The molecule has 0 saturated carbocycles. The van der Waals surface area contributed by atoms with Crippen LogP contribution in [-0.4, -0.2) is 12.9 Å². The Morgan fingerprint density at radius 2 is 1.83 bits per heavy atom. The molecule has 0 radical (unpaired) electrons. The van der Waals surface area contributed by atoms with E-state index in [2.05, 4.69) is 6.58 Å². The van der Waals surface area contributed by atoms with Crippen LogP contribution in [0.2, 0.25) is 0 Å². The van der Waals surface area contributed by atoms with Gasteiger partial charge >= 0.3 is 0 Å². The number of ketones is 1. The maximum atomic E-state index is 12.7. The van der Waals surface area contributed by atoms with Crippen LogP contribution in [0.1, 0.15) is 27.0 Å². The molecule has 0 N–H and O–H groups in total. The number of hydrogen-bond donors (Lipinski definition) is 0. The number of methoxy groups -OCH3 is 1. The normalized spacial score (nSPS) is 13.7. The van der Waals surface area contributed by atoms with Gasteiger partial charge in [0.15, 0.2) is 5.76 Å². The summed E-state index contributed by atoms with van der Waals surface area (Å²) in [7, 11) is 1.60. The predicted molar refractivity (Wildman–Crippen MR) is 113 cm³/mol. The molecule has 4 heteroatoms. The van der Waals surface area contributed by atoms with E-state index < -0.39 is 0 Å². The highest BCUT2D eigenvalue weighted by molar-refractivity contribution is 6.14. The van der Waals surface area contributed by atoms with Crippen LogP contribution in [0.4, 0.5) is 0 Å². The number of carbonyl (C=O) groups is 1. The van der Waals surface area contributed by atoms with E-state index in [0.717, 1.165) is 16.7 Å². The summed E-state index contributed by atoms with van der Waals surface area (Å²) < 4.78 is 17.0. The largest absolute Gasteiger partial charge is 0.496 e. The molecule has 4 nitrogen and oxygen atoms in total. The monoisotopic (exact) mass is 384 g/mol. The minimum Gasteiger partial charge on any atom is -0.496 e. The third-order valence-corrected chi connectivity index (χ3v) is 4.69. The Bertz CT molecular complexity index is 1090. The summed E-state index contributed by atoms with van der Waals surface area (Å²) in [6, 6.07) is 20.7. The summed E-state index contributed by atoms with van der Waals surface area (Å²) in [6.45, 7) is 4.18.